The van der Waals surface area contributed by atoms with Crippen molar-refractivity contribution in [1.29, 1.82) is 0 Å². The molecule has 0 saturated carbocycles. The third-order valence-corrected chi connectivity index (χ3v) is 5.83. The Bertz CT molecular complexity index is 946. The summed E-state index contributed by atoms with van der Waals surface area (Å²) in [5.74, 6) is -0.249. The van der Waals surface area contributed by atoms with Crippen molar-refractivity contribution in [3.8, 4) is 10.6 Å². The first-order chi connectivity index (χ1) is 12.9. The van der Waals surface area contributed by atoms with E-state index < -0.39 is 0 Å². The second kappa shape index (κ2) is 8.45. The van der Waals surface area contributed by atoms with Gasteiger partial charge in [0.1, 0.15) is 9.88 Å². The largest absolute Gasteiger partial charge is 0.347 e. The summed E-state index contributed by atoms with van der Waals surface area (Å²) in [7, 11) is 0. The van der Waals surface area contributed by atoms with Crippen LogP contribution >= 0.6 is 22.7 Å². The Balaban J connectivity index is 1.65. The second-order valence-corrected chi connectivity index (χ2v) is 8.25. The van der Waals surface area contributed by atoms with Crippen LogP contribution in [0.3, 0.4) is 0 Å². The lowest BCUT2D eigenvalue weighted by Gasteiger charge is -2.10. The Morgan fingerprint density at radius 3 is 2.74 bits per heavy atom. The summed E-state index contributed by atoms with van der Waals surface area (Å²) in [5, 5.41) is 10.7. The monoisotopic (exact) mass is 399 g/mol. The number of nitrogens with zero attached hydrogens (tertiary/aromatic N) is 1. The lowest BCUT2D eigenvalue weighted by atomic mass is 10.1. The number of benzene rings is 1. The fraction of sp³-hybridized carbons (Fsp3) is 0.250. The Labute approximate surface area is 166 Å². The molecule has 0 aliphatic carbocycles. The SMILES string of the molecule is Cc1nc(-c2ccsc2)sc1C(=O)NCc1cccc(NC(=O)C(C)C)c1. The molecule has 2 N–H and O–H groups in total. The predicted molar refractivity (Wildman–Crippen MR) is 111 cm³/mol. The number of hydrogen-bond acceptors (Lipinski definition) is 5. The van der Waals surface area contributed by atoms with E-state index in [0.717, 1.165) is 27.5 Å². The molecule has 0 spiro atoms. The number of rotatable bonds is 6. The number of hydrogen-bond donors (Lipinski definition) is 2. The number of thiazole rings is 1. The summed E-state index contributed by atoms with van der Waals surface area (Å²) in [6.45, 7) is 5.93. The van der Waals surface area contributed by atoms with Crippen molar-refractivity contribution in [2.75, 3.05) is 5.32 Å². The van der Waals surface area contributed by atoms with E-state index in [1.54, 1.807) is 11.3 Å². The highest BCUT2D eigenvalue weighted by Crippen LogP contribution is 2.29. The van der Waals surface area contributed by atoms with Crippen LogP contribution in [0.15, 0.2) is 41.1 Å². The normalized spacial score (nSPS) is 10.8. The molecule has 0 radical (unpaired) electrons. The van der Waals surface area contributed by atoms with E-state index in [9.17, 15) is 9.59 Å². The molecule has 27 heavy (non-hydrogen) atoms. The quantitative estimate of drug-likeness (QED) is 0.631. The summed E-state index contributed by atoms with van der Waals surface area (Å²) in [6, 6.07) is 9.50. The minimum atomic E-state index is -0.136. The zero-order chi connectivity index (χ0) is 19.4. The average Bonchev–Trinajstić information content (AvgIpc) is 3.29. The molecule has 0 unspecified atom stereocenters. The van der Waals surface area contributed by atoms with Crippen LogP contribution in [-0.4, -0.2) is 16.8 Å². The Morgan fingerprint density at radius 2 is 2.04 bits per heavy atom. The van der Waals surface area contributed by atoms with Crippen molar-refractivity contribution in [2.45, 2.75) is 27.3 Å². The molecule has 7 heteroatoms. The fourth-order valence-electron chi connectivity index (χ4n) is 2.42. The van der Waals surface area contributed by atoms with Gasteiger partial charge in [0.15, 0.2) is 0 Å². The molecule has 2 amide bonds. The summed E-state index contributed by atoms with van der Waals surface area (Å²) < 4.78 is 0. The molecule has 0 saturated heterocycles. The van der Waals surface area contributed by atoms with Crippen molar-refractivity contribution < 1.29 is 9.59 Å². The van der Waals surface area contributed by atoms with Crippen LogP contribution in [0.2, 0.25) is 0 Å². The van der Waals surface area contributed by atoms with Crippen LogP contribution in [0.25, 0.3) is 10.6 Å². The molecule has 1 aromatic carbocycles. The van der Waals surface area contributed by atoms with Gasteiger partial charge in [-0.1, -0.05) is 26.0 Å². The van der Waals surface area contributed by atoms with Gasteiger partial charge in [-0.2, -0.15) is 11.3 Å². The van der Waals surface area contributed by atoms with E-state index in [4.69, 9.17) is 0 Å². The van der Waals surface area contributed by atoms with Crippen LogP contribution in [0.5, 0.6) is 0 Å². The van der Waals surface area contributed by atoms with Crippen molar-refractivity contribution in [1.82, 2.24) is 10.3 Å². The number of aryl methyl sites for hydroxylation is 1. The molecule has 2 aromatic heterocycles. The van der Waals surface area contributed by atoms with E-state index in [2.05, 4.69) is 15.6 Å². The number of carbonyl (C=O) groups excluding carboxylic acids is 2. The van der Waals surface area contributed by atoms with Crippen molar-refractivity contribution in [2.24, 2.45) is 5.92 Å². The van der Waals surface area contributed by atoms with E-state index in [1.807, 2.05) is 61.9 Å². The molecule has 5 nitrogen and oxygen atoms in total. The van der Waals surface area contributed by atoms with Crippen LogP contribution < -0.4 is 10.6 Å². The van der Waals surface area contributed by atoms with E-state index in [1.165, 1.54) is 11.3 Å². The first-order valence-electron chi connectivity index (χ1n) is 8.62. The molecule has 0 aliphatic rings. The smallest absolute Gasteiger partial charge is 0.263 e. The molecule has 0 atom stereocenters. The maximum Gasteiger partial charge on any atom is 0.263 e. The fourth-order valence-corrected chi connectivity index (χ4v) is 4.12. The van der Waals surface area contributed by atoms with Gasteiger partial charge in [0.2, 0.25) is 5.91 Å². The third-order valence-electron chi connectivity index (χ3n) is 3.94. The highest BCUT2D eigenvalue weighted by Gasteiger charge is 2.16. The molecule has 0 aliphatic heterocycles. The maximum atomic E-state index is 12.6. The minimum absolute atomic E-state index is 0.0302. The van der Waals surface area contributed by atoms with Crippen molar-refractivity contribution >= 4 is 40.2 Å². The maximum absolute atomic E-state index is 12.6. The Kier molecular flexibility index (Phi) is 6.03. The van der Waals surface area contributed by atoms with Gasteiger partial charge < -0.3 is 10.6 Å². The lowest BCUT2D eigenvalue weighted by molar-refractivity contribution is -0.118. The molecule has 0 bridgehead atoms. The van der Waals surface area contributed by atoms with Gasteiger partial charge in [0.05, 0.1) is 5.69 Å². The summed E-state index contributed by atoms with van der Waals surface area (Å²) >= 11 is 3.01. The standard InChI is InChI=1S/C20H21N3O2S2/c1-12(2)18(24)23-16-6-4-5-14(9-16)10-21-19(25)17-13(3)22-20(27-17)15-7-8-26-11-15/h4-9,11-12H,10H2,1-3H3,(H,21,25)(H,23,24). The Hall–Kier alpha value is -2.51. The van der Waals surface area contributed by atoms with Gasteiger partial charge in [-0.05, 0) is 36.1 Å². The lowest BCUT2D eigenvalue weighted by Crippen LogP contribution is -2.23. The number of anilines is 1. The van der Waals surface area contributed by atoms with Crippen LogP contribution in [0.1, 0.15) is 34.8 Å². The zero-order valence-electron chi connectivity index (χ0n) is 15.4. The number of nitrogens with one attached hydrogen (secondary N) is 2. The zero-order valence-corrected chi connectivity index (χ0v) is 17.0. The molecule has 140 valence electrons. The Morgan fingerprint density at radius 1 is 1.22 bits per heavy atom. The first kappa shape index (κ1) is 19.3. The first-order valence-corrected chi connectivity index (χ1v) is 10.4. The highest BCUT2D eigenvalue weighted by molar-refractivity contribution is 7.17. The molecule has 0 fully saturated rings. The third kappa shape index (κ3) is 4.81. The number of amides is 2. The van der Waals surface area contributed by atoms with Crippen LogP contribution in [0.4, 0.5) is 5.69 Å². The van der Waals surface area contributed by atoms with Gasteiger partial charge in [-0.25, -0.2) is 4.98 Å². The topological polar surface area (TPSA) is 71.1 Å². The van der Waals surface area contributed by atoms with E-state index >= 15 is 0 Å². The summed E-state index contributed by atoms with van der Waals surface area (Å²) in [6.07, 6.45) is 0. The molecule has 3 aromatic rings. The van der Waals surface area contributed by atoms with Gasteiger partial charge in [-0.15, -0.1) is 11.3 Å². The van der Waals surface area contributed by atoms with Gasteiger partial charge in [0, 0.05) is 29.1 Å². The number of thiophene rings is 1. The van der Waals surface area contributed by atoms with Gasteiger partial charge in [-0.3, -0.25) is 9.59 Å². The van der Waals surface area contributed by atoms with Gasteiger partial charge >= 0.3 is 0 Å². The van der Waals surface area contributed by atoms with E-state index in [0.29, 0.717) is 11.4 Å². The molecule has 3 rings (SSSR count). The molecular formula is C20H21N3O2S2. The van der Waals surface area contributed by atoms with Crippen LogP contribution in [0, 0.1) is 12.8 Å². The minimum Gasteiger partial charge on any atom is -0.347 e. The van der Waals surface area contributed by atoms with E-state index in [-0.39, 0.29) is 17.7 Å². The number of carbonyl (C=O) groups is 2. The summed E-state index contributed by atoms with van der Waals surface area (Å²) in [4.78, 5) is 29.5. The highest BCUT2D eigenvalue weighted by atomic mass is 32.1. The van der Waals surface area contributed by atoms with Gasteiger partial charge in [0.25, 0.3) is 5.91 Å². The van der Waals surface area contributed by atoms with Crippen LogP contribution in [-0.2, 0) is 11.3 Å². The molecule has 2 heterocycles. The number of aromatic nitrogens is 1. The van der Waals surface area contributed by atoms with Crippen molar-refractivity contribution in [3.05, 3.63) is 57.2 Å². The van der Waals surface area contributed by atoms with Crippen molar-refractivity contribution in [3.63, 3.8) is 0 Å². The summed E-state index contributed by atoms with van der Waals surface area (Å²) in [5.41, 5.74) is 3.43. The molecular weight excluding hydrogens is 378 g/mol. The second-order valence-electron chi connectivity index (χ2n) is 6.47. The predicted octanol–water partition coefficient (Wildman–Crippen LogP) is 4.70. The average molecular weight is 400 g/mol.